The maximum Gasteiger partial charge on any atom is 0.416 e. The summed E-state index contributed by atoms with van der Waals surface area (Å²) in [5.41, 5.74) is 0.712. The number of rotatable bonds is 9. The van der Waals surface area contributed by atoms with Crippen LogP contribution < -0.4 is 15.7 Å². The highest BCUT2D eigenvalue weighted by atomic mass is 35.5. The minimum absolute atomic E-state index is 0.0616. The summed E-state index contributed by atoms with van der Waals surface area (Å²) in [6.45, 7) is -0.252. The first-order valence-corrected chi connectivity index (χ1v) is 12.4. The molecule has 1 amide bonds. The average Bonchev–Trinajstić information content (AvgIpc) is 2.96. The van der Waals surface area contributed by atoms with E-state index in [4.69, 9.17) is 16.3 Å². The molecular weight excluding hydrogens is 549 g/mol. The lowest BCUT2D eigenvalue weighted by molar-refractivity contribution is -0.149. The Bertz CT molecular complexity index is 1400. The fraction of sp³-hybridized carbons (Fsp3) is 0.179. The third kappa shape index (κ3) is 6.99. The lowest BCUT2D eigenvalue weighted by atomic mass is 9.94. The second-order valence-electron chi connectivity index (χ2n) is 8.70. The second-order valence-corrected chi connectivity index (χ2v) is 9.17. The predicted molar refractivity (Wildman–Crippen MR) is 142 cm³/mol. The van der Waals surface area contributed by atoms with Gasteiger partial charge in [0.1, 0.15) is 17.9 Å². The summed E-state index contributed by atoms with van der Waals surface area (Å²) < 4.78 is 45.6. The van der Waals surface area contributed by atoms with Gasteiger partial charge in [-0.2, -0.15) is 13.2 Å². The van der Waals surface area contributed by atoms with Crippen LogP contribution in [0.4, 0.5) is 24.7 Å². The number of pyridine rings is 1. The molecule has 0 radical (unpaired) electrons. The van der Waals surface area contributed by atoms with Gasteiger partial charge in [0.05, 0.1) is 17.8 Å². The number of esters is 1. The first-order chi connectivity index (χ1) is 19.2. The molecule has 0 bridgehead atoms. The van der Waals surface area contributed by atoms with Crippen LogP contribution in [0.25, 0.3) is 0 Å². The molecule has 0 aliphatic carbocycles. The van der Waals surface area contributed by atoms with E-state index in [2.05, 4.69) is 10.3 Å². The first-order valence-electron chi connectivity index (χ1n) is 12.0. The quantitative estimate of drug-likeness (QED) is 0.104. The maximum atomic E-state index is 14.1. The molecule has 2 atom stereocenters. The maximum absolute atomic E-state index is 14.1. The van der Waals surface area contributed by atoms with Crippen LogP contribution in [-0.4, -0.2) is 34.1 Å². The zero-order valence-electron chi connectivity index (χ0n) is 20.8. The van der Waals surface area contributed by atoms with Gasteiger partial charge in [-0.1, -0.05) is 60.1 Å². The van der Waals surface area contributed by atoms with Gasteiger partial charge in [-0.3, -0.25) is 25.2 Å². The van der Waals surface area contributed by atoms with E-state index in [1.54, 1.807) is 72.4 Å². The molecule has 1 aliphatic rings. The topological polar surface area (TPSA) is 104 Å². The zero-order chi connectivity index (χ0) is 28.7. The van der Waals surface area contributed by atoms with Crippen molar-refractivity contribution in [3.8, 4) is 0 Å². The van der Waals surface area contributed by atoms with E-state index in [9.17, 15) is 28.0 Å². The molecule has 40 heavy (non-hydrogen) atoms. The van der Waals surface area contributed by atoms with Crippen LogP contribution >= 0.6 is 11.6 Å². The summed E-state index contributed by atoms with van der Waals surface area (Å²) >= 11 is 6.03. The Morgan fingerprint density at radius 2 is 1.88 bits per heavy atom. The number of nitrogens with zero attached hydrogens (tertiary/aromatic N) is 2. The monoisotopic (exact) mass is 572 g/mol. The third-order valence-electron chi connectivity index (χ3n) is 5.96. The average molecular weight is 573 g/mol. The highest BCUT2D eigenvalue weighted by molar-refractivity contribution is 6.21. The molecule has 8 nitrogen and oxygen atoms in total. The summed E-state index contributed by atoms with van der Waals surface area (Å²) in [4.78, 5) is 33.1. The third-order valence-corrected chi connectivity index (χ3v) is 6.23. The summed E-state index contributed by atoms with van der Waals surface area (Å²) in [6, 6.07) is 15.8. The molecule has 4 rings (SSSR count). The van der Waals surface area contributed by atoms with Crippen LogP contribution in [0.15, 0.2) is 96.9 Å². The van der Waals surface area contributed by atoms with E-state index in [0.717, 1.165) is 12.1 Å². The minimum Gasteiger partial charge on any atom is -0.460 e. The summed E-state index contributed by atoms with van der Waals surface area (Å²) in [6.07, 6.45) is 1.68. The highest BCUT2D eigenvalue weighted by Gasteiger charge is 2.38. The number of hydrogen-bond acceptors (Lipinski definition) is 7. The van der Waals surface area contributed by atoms with Crippen molar-refractivity contribution in [1.29, 1.82) is 0 Å². The van der Waals surface area contributed by atoms with Crippen molar-refractivity contribution in [1.82, 2.24) is 10.3 Å². The number of halogens is 4. The van der Waals surface area contributed by atoms with Crippen LogP contribution in [0.1, 0.15) is 22.6 Å². The van der Waals surface area contributed by atoms with Crippen molar-refractivity contribution in [3.05, 3.63) is 114 Å². The van der Waals surface area contributed by atoms with E-state index >= 15 is 0 Å². The van der Waals surface area contributed by atoms with Gasteiger partial charge in [-0.15, -0.1) is 0 Å². The number of benzene rings is 2. The van der Waals surface area contributed by atoms with Gasteiger partial charge in [0.2, 0.25) is 5.91 Å². The van der Waals surface area contributed by atoms with Gasteiger partial charge >= 0.3 is 12.1 Å². The number of nitrogens with one attached hydrogen (secondary N) is 2. The largest absolute Gasteiger partial charge is 0.460 e. The van der Waals surface area contributed by atoms with Gasteiger partial charge < -0.3 is 10.1 Å². The standard InChI is InChI=1S/C28H24ClF3N4O4/c29-23-12-9-19(15-34-23)16-36(24-8-4-5-13-33-24)26(37)25(27(38)40-17-18-6-2-1-3-7-18)21-11-10-20(28(30,31)32)14-22(21)35-39/h1-15,23,25,34-35,39H,16-17H2. The molecule has 0 spiro atoms. The van der Waals surface area contributed by atoms with Crippen molar-refractivity contribution in [3.63, 3.8) is 0 Å². The van der Waals surface area contributed by atoms with E-state index < -0.39 is 40.7 Å². The van der Waals surface area contributed by atoms with Crippen LogP contribution in [0.2, 0.25) is 0 Å². The van der Waals surface area contributed by atoms with Crippen LogP contribution in [0.3, 0.4) is 0 Å². The smallest absolute Gasteiger partial charge is 0.416 e. The van der Waals surface area contributed by atoms with Crippen LogP contribution in [0, 0.1) is 0 Å². The number of dihydropyridines is 1. The van der Waals surface area contributed by atoms with E-state index in [-0.39, 0.29) is 24.5 Å². The Kier molecular flexibility index (Phi) is 9.08. The van der Waals surface area contributed by atoms with Crippen LogP contribution in [0.5, 0.6) is 0 Å². The van der Waals surface area contributed by atoms with E-state index in [1.807, 2.05) is 0 Å². The fourth-order valence-electron chi connectivity index (χ4n) is 3.97. The molecule has 0 fully saturated rings. The number of aromatic nitrogens is 1. The molecule has 0 saturated heterocycles. The first kappa shape index (κ1) is 28.7. The van der Waals surface area contributed by atoms with E-state index in [0.29, 0.717) is 17.2 Å². The molecule has 2 heterocycles. The molecule has 0 saturated carbocycles. The predicted octanol–water partition coefficient (Wildman–Crippen LogP) is 5.37. The molecule has 3 N–H and O–H groups in total. The number of alkyl halides is 4. The molecule has 3 aromatic rings. The molecular formula is C28H24ClF3N4O4. The summed E-state index contributed by atoms with van der Waals surface area (Å²) in [7, 11) is 0. The number of carbonyl (C=O) groups is 2. The van der Waals surface area contributed by atoms with Crippen molar-refractivity contribution >= 4 is 35.0 Å². The Morgan fingerprint density at radius 1 is 1.12 bits per heavy atom. The Morgan fingerprint density at radius 3 is 2.50 bits per heavy atom. The minimum atomic E-state index is -4.73. The number of amides is 1. The normalized spacial score (nSPS) is 15.4. The van der Waals surface area contributed by atoms with Crippen molar-refractivity contribution in [2.45, 2.75) is 24.2 Å². The molecule has 2 aromatic carbocycles. The fourth-order valence-corrected chi connectivity index (χ4v) is 4.11. The Hall–Kier alpha value is -4.35. The lowest BCUT2D eigenvalue weighted by Gasteiger charge is -2.28. The number of ether oxygens (including phenoxy) is 1. The highest BCUT2D eigenvalue weighted by Crippen LogP contribution is 2.36. The molecule has 2 unspecified atom stereocenters. The second kappa shape index (κ2) is 12.7. The van der Waals surface area contributed by atoms with Crippen LogP contribution in [-0.2, 0) is 27.1 Å². The number of anilines is 2. The Balaban J connectivity index is 1.76. The summed E-state index contributed by atoms with van der Waals surface area (Å²) in [5.74, 6) is -3.45. The van der Waals surface area contributed by atoms with Gasteiger partial charge in [0.25, 0.3) is 0 Å². The molecule has 1 aromatic heterocycles. The SMILES string of the molecule is O=C(OCc1ccccc1)C(C(=O)N(CC1=CNC(Cl)C=C1)c1ccccn1)c1ccc(C(F)(F)F)cc1NO. The number of hydrogen-bond donors (Lipinski definition) is 3. The van der Waals surface area contributed by atoms with Gasteiger partial charge in [-0.25, -0.2) is 4.98 Å². The van der Waals surface area contributed by atoms with Crippen molar-refractivity contribution in [2.75, 3.05) is 16.9 Å². The Labute approximate surface area is 232 Å². The lowest BCUT2D eigenvalue weighted by Crippen LogP contribution is -2.41. The number of carbonyl (C=O) groups excluding carboxylic acids is 2. The van der Waals surface area contributed by atoms with Gasteiger partial charge in [0, 0.05) is 18.0 Å². The van der Waals surface area contributed by atoms with Crippen molar-refractivity contribution in [2.24, 2.45) is 0 Å². The van der Waals surface area contributed by atoms with Crippen molar-refractivity contribution < 1.29 is 32.7 Å². The van der Waals surface area contributed by atoms with E-state index in [1.165, 1.54) is 11.1 Å². The van der Waals surface area contributed by atoms with Gasteiger partial charge in [0.15, 0.2) is 5.92 Å². The zero-order valence-corrected chi connectivity index (χ0v) is 21.6. The van der Waals surface area contributed by atoms with Gasteiger partial charge in [-0.05, 0) is 41.5 Å². The molecule has 1 aliphatic heterocycles. The molecule has 12 heteroatoms. The molecule has 208 valence electrons. The summed E-state index contributed by atoms with van der Waals surface area (Å²) in [5, 5.41) is 12.6.